The van der Waals surface area contributed by atoms with E-state index < -0.39 is 0 Å². The van der Waals surface area contributed by atoms with Crippen molar-refractivity contribution in [2.24, 2.45) is 5.92 Å². The number of benzene rings is 1. The Morgan fingerprint density at radius 2 is 1.86 bits per heavy atom. The summed E-state index contributed by atoms with van der Waals surface area (Å²) in [6, 6.07) is 9.38. The van der Waals surface area contributed by atoms with Crippen LogP contribution in [0, 0.1) is 5.92 Å². The lowest BCUT2D eigenvalue weighted by molar-refractivity contribution is 0.183. The lowest BCUT2D eigenvalue weighted by atomic mass is 9.88. The molecule has 0 bridgehead atoms. The molecule has 1 aromatic carbocycles. The van der Waals surface area contributed by atoms with E-state index in [1.165, 1.54) is 50.9 Å². The Kier molecular flexibility index (Phi) is 7.41. The molecule has 0 spiro atoms. The maximum atomic E-state index is 3.22. The van der Waals surface area contributed by atoms with Crippen molar-refractivity contribution in [3.63, 3.8) is 0 Å². The van der Waals surface area contributed by atoms with Gasteiger partial charge in [0.2, 0.25) is 0 Å². The Labute approximate surface area is 137 Å². The second-order valence-corrected chi connectivity index (χ2v) is 7.06. The van der Waals surface area contributed by atoms with E-state index in [2.05, 4.69) is 48.3 Å². The predicted octanol–water partition coefficient (Wildman–Crippen LogP) is 4.06. The second-order valence-electron chi connectivity index (χ2n) is 7.06. The van der Waals surface area contributed by atoms with Crippen LogP contribution < -0.4 is 5.32 Å². The van der Waals surface area contributed by atoms with Gasteiger partial charge in [0.1, 0.15) is 0 Å². The van der Waals surface area contributed by atoms with Crippen LogP contribution in [0.5, 0.6) is 0 Å². The lowest BCUT2D eigenvalue weighted by Gasteiger charge is -2.33. The molecule has 2 nitrogen and oxygen atoms in total. The molecule has 1 aromatic rings. The van der Waals surface area contributed by atoms with Gasteiger partial charge in [0.05, 0.1) is 0 Å². The first kappa shape index (κ1) is 17.5. The van der Waals surface area contributed by atoms with Crippen molar-refractivity contribution >= 4 is 0 Å². The average Bonchev–Trinajstić information content (AvgIpc) is 2.54. The SMILES string of the molecule is CCCC(C)CN1CCC(c2ccc(CCNC)cc2)CC1. The number of rotatable bonds is 8. The van der Waals surface area contributed by atoms with Crippen molar-refractivity contribution in [1.29, 1.82) is 0 Å². The highest BCUT2D eigenvalue weighted by atomic mass is 15.1. The molecule has 0 radical (unpaired) electrons. The maximum Gasteiger partial charge on any atom is 0.000702 e. The fourth-order valence-corrected chi connectivity index (χ4v) is 3.70. The van der Waals surface area contributed by atoms with Crippen LogP contribution in [0.25, 0.3) is 0 Å². The minimum Gasteiger partial charge on any atom is -0.319 e. The van der Waals surface area contributed by atoms with Crippen molar-refractivity contribution in [2.45, 2.75) is 51.9 Å². The van der Waals surface area contributed by atoms with E-state index in [4.69, 9.17) is 0 Å². The first-order valence-corrected chi connectivity index (χ1v) is 9.18. The van der Waals surface area contributed by atoms with Crippen LogP contribution in [0.2, 0.25) is 0 Å². The second kappa shape index (κ2) is 9.32. The van der Waals surface area contributed by atoms with E-state index in [9.17, 15) is 0 Å². The Morgan fingerprint density at radius 3 is 2.45 bits per heavy atom. The van der Waals surface area contributed by atoms with E-state index >= 15 is 0 Å². The molecular weight excluding hydrogens is 268 g/mol. The molecule has 0 aromatic heterocycles. The molecule has 22 heavy (non-hydrogen) atoms. The summed E-state index contributed by atoms with van der Waals surface area (Å²) in [7, 11) is 2.02. The first-order valence-electron chi connectivity index (χ1n) is 9.18. The molecule has 0 amide bonds. The zero-order chi connectivity index (χ0) is 15.8. The van der Waals surface area contributed by atoms with Gasteiger partial charge in [-0.05, 0) is 75.3 Å². The molecule has 1 saturated heterocycles. The molecule has 0 saturated carbocycles. The van der Waals surface area contributed by atoms with Gasteiger partial charge in [-0.2, -0.15) is 0 Å². The predicted molar refractivity (Wildman–Crippen MR) is 96.6 cm³/mol. The maximum absolute atomic E-state index is 3.22. The molecule has 124 valence electrons. The highest BCUT2D eigenvalue weighted by Crippen LogP contribution is 2.28. The quantitative estimate of drug-likeness (QED) is 0.779. The Balaban J connectivity index is 1.78. The number of likely N-dealkylation sites (N-methyl/N-ethyl adjacent to an activating group) is 1. The van der Waals surface area contributed by atoms with Crippen LogP contribution in [0.15, 0.2) is 24.3 Å². The number of hydrogen-bond donors (Lipinski definition) is 1. The van der Waals surface area contributed by atoms with Crippen molar-refractivity contribution < 1.29 is 0 Å². The van der Waals surface area contributed by atoms with Gasteiger partial charge in [0.15, 0.2) is 0 Å². The van der Waals surface area contributed by atoms with E-state index in [-0.39, 0.29) is 0 Å². The summed E-state index contributed by atoms with van der Waals surface area (Å²) >= 11 is 0. The van der Waals surface area contributed by atoms with Gasteiger partial charge in [-0.25, -0.2) is 0 Å². The molecular formula is C20H34N2. The zero-order valence-electron chi connectivity index (χ0n) is 14.8. The van der Waals surface area contributed by atoms with Crippen molar-refractivity contribution in [1.82, 2.24) is 10.2 Å². The molecule has 1 N–H and O–H groups in total. The highest BCUT2D eigenvalue weighted by Gasteiger charge is 2.21. The summed E-state index contributed by atoms with van der Waals surface area (Å²) in [5.41, 5.74) is 3.00. The van der Waals surface area contributed by atoms with Crippen LogP contribution in [0.3, 0.4) is 0 Å². The molecule has 1 unspecified atom stereocenters. The highest BCUT2D eigenvalue weighted by molar-refractivity contribution is 5.26. The number of hydrogen-bond acceptors (Lipinski definition) is 2. The minimum absolute atomic E-state index is 0.774. The van der Waals surface area contributed by atoms with Gasteiger partial charge in [-0.15, -0.1) is 0 Å². The summed E-state index contributed by atoms with van der Waals surface area (Å²) in [6.45, 7) is 9.61. The largest absolute Gasteiger partial charge is 0.319 e. The third-order valence-electron chi connectivity index (χ3n) is 5.05. The Morgan fingerprint density at radius 1 is 1.18 bits per heavy atom. The van der Waals surface area contributed by atoms with Crippen molar-refractivity contribution in [3.8, 4) is 0 Å². The number of nitrogens with zero attached hydrogens (tertiary/aromatic N) is 1. The normalized spacial score (nSPS) is 18.5. The van der Waals surface area contributed by atoms with Crippen molar-refractivity contribution in [3.05, 3.63) is 35.4 Å². The Hall–Kier alpha value is -0.860. The average molecular weight is 303 g/mol. The van der Waals surface area contributed by atoms with E-state index in [0.29, 0.717) is 0 Å². The third-order valence-corrected chi connectivity index (χ3v) is 5.05. The van der Waals surface area contributed by atoms with Gasteiger partial charge in [0.25, 0.3) is 0 Å². The zero-order valence-corrected chi connectivity index (χ0v) is 14.8. The summed E-state index contributed by atoms with van der Waals surface area (Å²) < 4.78 is 0. The van der Waals surface area contributed by atoms with Crippen LogP contribution in [0.4, 0.5) is 0 Å². The van der Waals surface area contributed by atoms with Gasteiger partial charge < -0.3 is 10.2 Å². The van der Waals surface area contributed by atoms with E-state index in [1.54, 1.807) is 5.56 Å². The minimum atomic E-state index is 0.774. The van der Waals surface area contributed by atoms with Crippen LogP contribution >= 0.6 is 0 Å². The van der Waals surface area contributed by atoms with Crippen molar-refractivity contribution in [2.75, 3.05) is 33.2 Å². The molecule has 1 heterocycles. The third kappa shape index (κ3) is 5.40. The fraction of sp³-hybridized carbons (Fsp3) is 0.700. The molecule has 0 aliphatic carbocycles. The van der Waals surface area contributed by atoms with Gasteiger partial charge in [-0.3, -0.25) is 0 Å². The molecule has 2 heteroatoms. The van der Waals surface area contributed by atoms with Crippen LogP contribution in [0.1, 0.15) is 56.6 Å². The van der Waals surface area contributed by atoms with Gasteiger partial charge in [0, 0.05) is 6.54 Å². The lowest BCUT2D eigenvalue weighted by Crippen LogP contribution is -2.36. The summed E-state index contributed by atoms with van der Waals surface area (Å²) in [5.74, 6) is 1.63. The van der Waals surface area contributed by atoms with Crippen LogP contribution in [-0.4, -0.2) is 38.1 Å². The summed E-state index contributed by atoms with van der Waals surface area (Å²) in [5, 5.41) is 3.22. The number of nitrogens with one attached hydrogen (secondary N) is 1. The monoisotopic (exact) mass is 302 g/mol. The van der Waals surface area contributed by atoms with Gasteiger partial charge >= 0.3 is 0 Å². The number of piperidine rings is 1. The summed E-state index contributed by atoms with van der Waals surface area (Å²) in [6.07, 6.45) is 6.47. The molecule has 1 aliphatic heterocycles. The van der Waals surface area contributed by atoms with Crippen LogP contribution in [-0.2, 0) is 6.42 Å². The summed E-state index contributed by atoms with van der Waals surface area (Å²) in [4.78, 5) is 2.68. The molecule has 1 atom stereocenters. The topological polar surface area (TPSA) is 15.3 Å². The standard InChI is InChI=1S/C20H34N2/c1-4-5-17(2)16-22-14-11-20(12-15-22)19-8-6-18(7-9-19)10-13-21-3/h6-9,17,20-21H,4-5,10-16H2,1-3H3. The number of likely N-dealkylation sites (tertiary alicyclic amines) is 1. The fourth-order valence-electron chi connectivity index (χ4n) is 3.70. The molecule has 1 aliphatic rings. The van der Waals surface area contributed by atoms with E-state index in [1.807, 2.05) is 7.05 Å². The van der Waals surface area contributed by atoms with E-state index in [0.717, 1.165) is 24.8 Å². The smallest absolute Gasteiger partial charge is 0.000702 e. The van der Waals surface area contributed by atoms with Gasteiger partial charge in [-0.1, -0.05) is 44.5 Å². The molecule has 1 fully saturated rings. The first-order chi connectivity index (χ1) is 10.7. The molecule has 2 rings (SSSR count). The Bertz CT molecular complexity index is 404.